The second kappa shape index (κ2) is 7.99. The maximum atomic E-state index is 13.0. The first-order valence-corrected chi connectivity index (χ1v) is 9.68. The summed E-state index contributed by atoms with van der Waals surface area (Å²) in [4.78, 5) is 32.1. The number of para-hydroxylation sites is 1. The number of rotatable bonds is 5. The molecule has 2 aromatic rings. The molecule has 1 aromatic carbocycles. The summed E-state index contributed by atoms with van der Waals surface area (Å²) in [6, 6.07) is 8.34. The standard InChI is InChI=1S/C22H29N3O2/c1-15-20(17(3)26)16(2)23-21(15)22(27)24(4)14-18-10-6-7-11-19(18)25-12-8-5-9-13-25/h6-7,10-11,23H,5,8-9,12-14H2,1-4H3. The largest absolute Gasteiger partial charge is 0.371 e. The Kier molecular flexibility index (Phi) is 5.68. The molecule has 1 aliphatic rings. The second-order valence-corrected chi connectivity index (χ2v) is 7.52. The Bertz CT molecular complexity index is 847. The van der Waals surface area contributed by atoms with Crippen LogP contribution in [0.5, 0.6) is 0 Å². The van der Waals surface area contributed by atoms with E-state index in [1.54, 1.807) is 4.90 Å². The predicted octanol–water partition coefficient (Wildman–Crippen LogP) is 4.10. The molecule has 0 atom stereocenters. The quantitative estimate of drug-likeness (QED) is 0.810. The minimum atomic E-state index is -0.0865. The summed E-state index contributed by atoms with van der Waals surface area (Å²) in [6.07, 6.45) is 3.73. The lowest BCUT2D eigenvalue weighted by molar-refractivity contribution is 0.0779. The number of Topliss-reactive ketones (excluding diaryl/α,β-unsaturated/α-hetero) is 1. The normalized spacial score (nSPS) is 14.3. The van der Waals surface area contributed by atoms with E-state index in [9.17, 15) is 9.59 Å². The first-order valence-electron chi connectivity index (χ1n) is 9.68. The third-order valence-electron chi connectivity index (χ3n) is 5.45. The number of amides is 1. The van der Waals surface area contributed by atoms with Crippen molar-refractivity contribution in [1.82, 2.24) is 9.88 Å². The van der Waals surface area contributed by atoms with Crippen LogP contribution in [0.25, 0.3) is 0 Å². The molecule has 1 fully saturated rings. The van der Waals surface area contributed by atoms with Crippen molar-refractivity contribution in [2.45, 2.75) is 46.6 Å². The number of piperidine rings is 1. The van der Waals surface area contributed by atoms with E-state index in [-0.39, 0.29) is 11.7 Å². The number of carbonyl (C=O) groups excluding carboxylic acids is 2. The number of nitrogens with one attached hydrogen (secondary N) is 1. The number of aryl methyl sites for hydroxylation is 1. The van der Waals surface area contributed by atoms with Gasteiger partial charge < -0.3 is 14.8 Å². The fourth-order valence-corrected chi connectivity index (χ4v) is 4.10. The molecule has 1 saturated heterocycles. The number of benzene rings is 1. The van der Waals surface area contributed by atoms with Crippen molar-refractivity contribution in [3.63, 3.8) is 0 Å². The highest BCUT2D eigenvalue weighted by atomic mass is 16.2. The number of hydrogen-bond donors (Lipinski definition) is 1. The third kappa shape index (κ3) is 3.92. The lowest BCUT2D eigenvalue weighted by atomic mass is 10.1. The van der Waals surface area contributed by atoms with E-state index in [4.69, 9.17) is 0 Å². The zero-order chi connectivity index (χ0) is 19.6. The molecule has 27 heavy (non-hydrogen) atoms. The van der Waals surface area contributed by atoms with E-state index in [0.29, 0.717) is 17.8 Å². The molecular weight excluding hydrogens is 338 g/mol. The van der Waals surface area contributed by atoms with Crippen molar-refractivity contribution in [3.8, 4) is 0 Å². The van der Waals surface area contributed by atoms with Gasteiger partial charge in [-0.2, -0.15) is 0 Å². The van der Waals surface area contributed by atoms with Gasteiger partial charge in [0.1, 0.15) is 5.69 Å². The summed E-state index contributed by atoms with van der Waals surface area (Å²) < 4.78 is 0. The molecule has 0 aliphatic carbocycles. The van der Waals surface area contributed by atoms with Crippen molar-refractivity contribution >= 4 is 17.4 Å². The molecule has 0 saturated carbocycles. The highest BCUT2D eigenvalue weighted by Crippen LogP contribution is 2.26. The number of nitrogens with zero attached hydrogens (tertiary/aromatic N) is 2. The van der Waals surface area contributed by atoms with Crippen LogP contribution in [0.2, 0.25) is 0 Å². The van der Waals surface area contributed by atoms with Gasteiger partial charge in [-0.15, -0.1) is 0 Å². The van der Waals surface area contributed by atoms with E-state index < -0.39 is 0 Å². The van der Waals surface area contributed by atoms with E-state index in [0.717, 1.165) is 29.9 Å². The minimum absolute atomic E-state index is 0.0154. The Hall–Kier alpha value is -2.56. The number of aromatic nitrogens is 1. The number of carbonyl (C=O) groups is 2. The van der Waals surface area contributed by atoms with Crippen molar-refractivity contribution in [2.24, 2.45) is 0 Å². The van der Waals surface area contributed by atoms with Gasteiger partial charge in [0.25, 0.3) is 5.91 Å². The molecule has 3 rings (SSSR count). The number of ketones is 1. The molecule has 5 nitrogen and oxygen atoms in total. The van der Waals surface area contributed by atoms with Crippen LogP contribution in [0.1, 0.15) is 63.9 Å². The lowest BCUT2D eigenvalue weighted by Gasteiger charge is -2.31. The van der Waals surface area contributed by atoms with Gasteiger partial charge >= 0.3 is 0 Å². The van der Waals surface area contributed by atoms with Crippen LogP contribution in [0.3, 0.4) is 0 Å². The Balaban J connectivity index is 1.82. The average Bonchev–Trinajstić information content (AvgIpc) is 2.96. The molecule has 1 aliphatic heterocycles. The van der Waals surface area contributed by atoms with E-state index >= 15 is 0 Å². The van der Waals surface area contributed by atoms with Gasteiger partial charge in [0.2, 0.25) is 0 Å². The molecule has 1 N–H and O–H groups in total. The van der Waals surface area contributed by atoms with Crippen LogP contribution in [0, 0.1) is 13.8 Å². The fourth-order valence-electron chi connectivity index (χ4n) is 4.10. The summed E-state index contributed by atoms with van der Waals surface area (Å²) >= 11 is 0. The van der Waals surface area contributed by atoms with Gasteiger partial charge in [-0.05, 0) is 57.2 Å². The van der Waals surface area contributed by atoms with Gasteiger partial charge in [0.15, 0.2) is 5.78 Å². The molecule has 0 bridgehead atoms. The highest BCUT2D eigenvalue weighted by Gasteiger charge is 2.23. The third-order valence-corrected chi connectivity index (χ3v) is 5.45. The van der Waals surface area contributed by atoms with Crippen molar-refractivity contribution in [2.75, 3.05) is 25.0 Å². The SMILES string of the molecule is CC(=O)c1c(C)[nH]c(C(=O)N(C)Cc2ccccc2N2CCCCC2)c1C. The van der Waals surface area contributed by atoms with E-state index in [1.165, 1.54) is 31.9 Å². The average molecular weight is 367 g/mol. The van der Waals surface area contributed by atoms with Crippen molar-refractivity contribution < 1.29 is 9.59 Å². The maximum Gasteiger partial charge on any atom is 0.270 e. The van der Waals surface area contributed by atoms with Crippen LogP contribution in [-0.4, -0.2) is 41.7 Å². The van der Waals surface area contributed by atoms with Gasteiger partial charge in [-0.1, -0.05) is 18.2 Å². The topological polar surface area (TPSA) is 56.4 Å². The van der Waals surface area contributed by atoms with Crippen LogP contribution in [0.15, 0.2) is 24.3 Å². The van der Waals surface area contributed by atoms with Crippen molar-refractivity contribution in [1.29, 1.82) is 0 Å². The van der Waals surface area contributed by atoms with E-state index in [2.05, 4.69) is 28.1 Å². The molecule has 1 amide bonds. The van der Waals surface area contributed by atoms with Crippen LogP contribution in [0.4, 0.5) is 5.69 Å². The van der Waals surface area contributed by atoms with Crippen LogP contribution < -0.4 is 4.90 Å². The predicted molar refractivity (Wildman–Crippen MR) is 109 cm³/mol. The minimum Gasteiger partial charge on any atom is -0.371 e. The lowest BCUT2D eigenvalue weighted by Crippen LogP contribution is -2.32. The molecule has 0 unspecified atom stereocenters. The molecule has 1 aromatic heterocycles. The van der Waals surface area contributed by atoms with Crippen LogP contribution >= 0.6 is 0 Å². The first kappa shape index (κ1) is 19.2. The summed E-state index contributed by atoms with van der Waals surface area (Å²) in [5, 5.41) is 0. The van der Waals surface area contributed by atoms with Gasteiger partial charge in [-0.25, -0.2) is 0 Å². The monoisotopic (exact) mass is 367 g/mol. The Morgan fingerprint density at radius 2 is 1.78 bits per heavy atom. The molecular formula is C22H29N3O2. The fraction of sp³-hybridized carbons (Fsp3) is 0.455. The molecule has 144 valence electrons. The molecule has 0 radical (unpaired) electrons. The first-order chi connectivity index (χ1) is 12.9. The molecule has 5 heteroatoms. The Labute approximate surface area is 161 Å². The zero-order valence-corrected chi connectivity index (χ0v) is 16.8. The number of aromatic amines is 1. The summed E-state index contributed by atoms with van der Waals surface area (Å²) in [6.45, 7) is 7.90. The maximum absolute atomic E-state index is 13.0. The van der Waals surface area contributed by atoms with Crippen molar-refractivity contribution in [3.05, 3.63) is 52.3 Å². The Morgan fingerprint density at radius 1 is 1.11 bits per heavy atom. The summed E-state index contributed by atoms with van der Waals surface area (Å²) in [5.41, 5.74) is 5.01. The van der Waals surface area contributed by atoms with E-state index in [1.807, 2.05) is 27.0 Å². The molecule has 0 spiro atoms. The van der Waals surface area contributed by atoms with Gasteiger partial charge in [0.05, 0.1) is 0 Å². The number of hydrogen-bond acceptors (Lipinski definition) is 3. The second-order valence-electron chi connectivity index (χ2n) is 7.52. The number of H-pyrrole nitrogens is 1. The smallest absolute Gasteiger partial charge is 0.270 e. The van der Waals surface area contributed by atoms with Gasteiger partial charge in [-0.3, -0.25) is 9.59 Å². The highest BCUT2D eigenvalue weighted by molar-refractivity contribution is 6.02. The summed E-state index contributed by atoms with van der Waals surface area (Å²) in [5.74, 6) is -0.102. The zero-order valence-electron chi connectivity index (χ0n) is 16.8. The Morgan fingerprint density at radius 3 is 2.41 bits per heavy atom. The number of anilines is 1. The summed E-state index contributed by atoms with van der Waals surface area (Å²) in [7, 11) is 1.82. The van der Waals surface area contributed by atoms with Crippen LogP contribution in [-0.2, 0) is 6.54 Å². The molecule has 2 heterocycles. The van der Waals surface area contributed by atoms with Gasteiger partial charge in [0, 0.05) is 43.6 Å².